The smallest absolute Gasteiger partial charge is 0.309 e. The van der Waals surface area contributed by atoms with Crippen LogP contribution in [0.5, 0.6) is 0 Å². The van der Waals surface area contributed by atoms with Crippen LogP contribution in [-0.4, -0.2) is 30.7 Å². The van der Waals surface area contributed by atoms with Gasteiger partial charge in [-0.3, -0.25) is 5.32 Å². The molecule has 1 heterocycles. The van der Waals surface area contributed by atoms with Crippen LogP contribution in [0.4, 0.5) is 4.79 Å². The number of nitrogens with one attached hydrogen (secondary N) is 2. The molecule has 1 radical (unpaired) electrons. The summed E-state index contributed by atoms with van der Waals surface area (Å²) in [4.78, 5) is 11.6. The summed E-state index contributed by atoms with van der Waals surface area (Å²) in [6.45, 7) is 2.05. The summed E-state index contributed by atoms with van der Waals surface area (Å²) < 4.78 is 0. The second-order valence-electron chi connectivity index (χ2n) is 1.73. The van der Waals surface area contributed by atoms with Crippen molar-refractivity contribution in [1.82, 2.24) is 16.0 Å². The minimum absolute atomic E-state index is 0.544. The molecule has 0 saturated carbocycles. The van der Waals surface area contributed by atoms with Crippen LogP contribution < -0.4 is 11.1 Å². The van der Waals surface area contributed by atoms with E-state index in [9.17, 15) is 4.79 Å². The van der Waals surface area contributed by atoms with E-state index in [1.165, 1.54) is 4.90 Å². The number of nitrogens with zero attached hydrogens (tertiary/aromatic N) is 1. The molecule has 1 rings (SSSR count). The Hall–Kier alpha value is -0.770. The van der Waals surface area contributed by atoms with Gasteiger partial charge in [-0.25, -0.2) is 10.5 Å². The molecule has 4 nitrogen and oxygen atoms in total. The molecule has 45 valence electrons. The molecule has 1 aliphatic rings. The van der Waals surface area contributed by atoms with Crippen LogP contribution >= 0.6 is 0 Å². The zero-order valence-electron chi connectivity index (χ0n) is 4.48. The standard InChI is InChI=1S/C4H8N3O/c5-4(8)7-2-1-6-3-7/h5-6H,1-3H2. The van der Waals surface area contributed by atoms with Gasteiger partial charge in [-0.2, -0.15) is 0 Å². The number of carbonyl (C=O) groups excluding carboxylic acids is 1. The van der Waals surface area contributed by atoms with Crippen LogP contribution in [0, 0.1) is 0 Å². The van der Waals surface area contributed by atoms with Gasteiger partial charge in [0, 0.05) is 13.1 Å². The summed E-state index contributed by atoms with van der Waals surface area (Å²) in [7, 11) is 0. The lowest BCUT2D eigenvalue weighted by atomic mass is 10.6. The second-order valence-corrected chi connectivity index (χ2v) is 1.73. The number of urea groups is 1. The van der Waals surface area contributed by atoms with Crippen molar-refractivity contribution >= 4 is 6.03 Å². The number of amides is 2. The van der Waals surface area contributed by atoms with Gasteiger partial charge in [-0.1, -0.05) is 0 Å². The first-order chi connectivity index (χ1) is 3.80. The van der Waals surface area contributed by atoms with E-state index in [0.717, 1.165) is 6.54 Å². The fraction of sp³-hybridized carbons (Fsp3) is 0.750. The molecule has 0 aromatic heterocycles. The Balaban J connectivity index is 2.35. The third kappa shape index (κ3) is 0.894. The van der Waals surface area contributed by atoms with Crippen LogP contribution in [0.15, 0.2) is 0 Å². The normalized spacial score (nSPS) is 19.2. The monoisotopic (exact) mass is 114 g/mol. The van der Waals surface area contributed by atoms with E-state index >= 15 is 0 Å². The van der Waals surface area contributed by atoms with Crippen LogP contribution in [0.2, 0.25) is 0 Å². The van der Waals surface area contributed by atoms with Crippen molar-refractivity contribution in [3.05, 3.63) is 0 Å². The van der Waals surface area contributed by atoms with E-state index in [0.29, 0.717) is 13.2 Å². The van der Waals surface area contributed by atoms with Crippen molar-refractivity contribution in [2.24, 2.45) is 0 Å². The minimum atomic E-state index is -0.588. The first-order valence-electron chi connectivity index (χ1n) is 2.52. The van der Waals surface area contributed by atoms with E-state index in [4.69, 9.17) is 5.73 Å². The van der Waals surface area contributed by atoms with E-state index in [-0.39, 0.29) is 0 Å². The quantitative estimate of drug-likeness (QED) is 0.450. The zero-order valence-corrected chi connectivity index (χ0v) is 4.48. The highest BCUT2D eigenvalue weighted by Gasteiger charge is 2.13. The van der Waals surface area contributed by atoms with Crippen molar-refractivity contribution in [1.29, 1.82) is 0 Å². The molecule has 0 aliphatic carbocycles. The second kappa shape index (κ2) is 2.00. The van der Waals surface area contributed by atoms with Crippen LogP contribution in [0.1, 0.15) is 0 Å². The highest BCUT2D eigenvalue weighted by atomic mass is 16.2. The van der Waals surface area contributed by atoms with Crippen molar-refractivity contribution in [3.8, 4) is 0 Å². The van der Waals surface area contributed by atoms with Gasteiger partial charge in [0.25, 0.3) is 0 Å². The van der Waals surface area contributed by atoms with Crippen LogP contribution in [0.25, 0.3) is 0 Å². The first kappa shape index (κ1) is 5.37. The van der Waals surface area contributed by atoms with E-state index in [2.05, 4.69) is 5.32 Å². The molecule has 0 bridgehead atoms. The zero-order chi connectivity index (χ0) is 5.98. The van der Waals surface area contributed by atoms with Gasteiger partial charge in [0.1, 0.15) is 0 Å². The topological polar surface area (TPSA) is 56.1 Å². The highest BCUT2D eigenvalue weighted by molar-refractivity contribution is 5.71. The Kier molecular flexibility index (Phi) is 1.34. The fourth-order valence-electron chi connectivity index (χ4n) is 0.680. The molecule has 0 unspecified atom stereocenters. The molecule has 1 saturated heterocycles. The van der Waals surface area contributed by atoms with Gasteiger partial charge in [0.15, 0.2) is 0 Å². The van der Waals surface area contributed by atoms with Gasteiger partial charge in [0.05, 0.1) is 6.67 Å². The Bertz CT molecular complexity index is 97.5. The molecular weight excluding hydrogens is 106 g/mol. The Labute approximate surface area is 47.6 Å². The van der Waals surface area contributed by atoms with Gasteiger partial charge in [0.2, 0.25) is 0 Å². The van der Waals surface area contributed by atoms with Crippen LogP contribution in [0.3, 0.4) is 0 Å². The summed E-state index contributed by atoms with van der Waals surface area (Å²) >= 11 is 0. The Morgan fingerprint density at radius 1 is 1.75 bits per heavy atom. The van der Waals surface area contributed by atoms with E-state index in [1.54, 1.807) is 0 Å². The molecule has 1 aliphatic heterocycles. The lowest BCUT2D eigenvalue weighted by molar-refractivity contribution is 0.216. The number of hydrogen-bond acceptors (Lipinski definition) is 2. The summed E-state index contributed by atoms with van der Waals surface area (Å²) in [5.74, 6) is 0. The molecule has 0 aromatic carbocycles. The average Bonchev–Trinajstić information content (AvgIpc) is 2.12. The van der Waals surface area contributed by atoms with Crippen molar-refractivity contribution in [2.75, 3.05) is 19.8 Å². The predicted molar refractivity (Wildman–Crippen MR) is 28.1 cm³/mol. The molecule has 0 atom stereocenters. The maximum absolute atomic E-state index is 10.2. The summed E-state index contributed by atoms with van der Waals surface area (Å²) in [6.07, 6.45) is 0. The molecule has 0 spiro atoms. The van der Waals surface area contributed by atoms with Gasteiger partial charge in [-0.05, 0) is 0 Å². The molecule has 2 amide bonds. The summed E-state index contributed by atoms with van der Waals surface area (Å²) in [5, 5.41) is 2.94. The number of carbonyl (C=O) groups is 1. The van der Waals surface area contributed by atoms with Gasteiger partial charge < -0.3 is 4.90 Å². The Morgan fingerprint density at radius 3 is 2.75 bits per heavy atom. The SMILES string of the molecule is [NH]C(=O)N1CCNC1. The number of rotatable bonds is 0. The van der Waals surface area contributed by atoms with Gasteiger partial charge >= 0.3 is 6.03 Å². The third-order valence-electron chi connectivity index (χ3n) is 1.15. The van der Waals surface area contributed by atoms with E-state index in [1.807, 2.05) is 0 Å². The largest absolute Gasteiger partial charge is 0.337 e. The van der Waals surface area contributed by atoms with Crippen molar-refractivity contribution in [3.63, 3.8) is 0 Å². The summed E-state index contributed by atoms with van der Waals surface area (Å²) in [5.41, 5.74) is 6.62. The maximum atomic E-state index is 10.2. The van der Waals surface area contributed by atoms with E-state index < -0.39 is 6.03 Å². The summed E-state index contributed by atoms with van der Waals surface area (Å²) in [6, 6.07) is -0.588. The molecule has 2 N–H and O–H groups in total. The van der Waals surface area contributed by atoms with Crippen molar-refractivity contribution < 1.29 is 4.79 Å². The third-order valence-corrected chi connectivity index (χ3v) is 1.15. The van der Waals surface area contributed by atoms with Gasteiger partial charge in [-0.15, -0.1) is 0 Å². The fourth-order valence-corrected chi connectivity index (χ4v) is 0.680. The minimum Gasteiger partial charge on any atom is -0.309 e. The average molecular weight is 114 g/mol. The van der Waals surface area contributed by atoms with Crippen molar-refractivity contribution in [2.45, 2.75) is 0 Å². The predicted octanol–water partition coefficient (Wildman–Crippen LogP) is -0.748. The molecule has 4 heteroatoms. The molecule has 1 fully saturated rings. The molecular formula is C4H8N3O. The Morgan fingerprint density at radius 2 is 2.50 bits per heavy atom. The first-order valence-corrected chi connectivity index (χ1v) is 2.52. The lowest BCUT2D eigenvalue weighted by Crippen LogP contribution is -2.28. The highest BCUT2D eigenvalue weighted by Crippen LogP contribution is 1.90. The van der Waals surface area contributed by atoms with Crippen LogP contribution in [-0.2, 0) is 0 Å². The maximum Gasteiger partial charge on any atom is 0.337 e. The number of hydrogen-bond donors (Lipinski definition) is 1. The molecule has 8 heavy (non-hydrogen) atoms. The lowest BCUT2D eigenvalue weighted by Gasteiger charge is -2.07. The molecule has 0 aromatic rings.